The van der Waals surface area contributed by atoms with Gasteiger partial charge in [0.2, 0.25) is 0 Å². The Hall–Kier alpha value is -2.39. The van der Waals surface area contributed by atoms with Gasteiger partial charge in [-0.2, -0.15) is 5.26 Å². The van der Waals surface area contributed by atoms with E-state index >= 15 is 0 Å². The Morgan fingerprint density at radius 2 is 2.00 bits per heavy atom. The van der Waals surface area contributed by atoms with E-state index in [1.807, 2.05) is 6.07 Å². The van der Waals surface area contributed by atoms with Gasteiger partial charge in [-0.1, -0.05) is 12.1 Å². The summed E-state index contributed by atoms with van der Waals surface area (Å²) in [5, 5.41) is 17.3. The van der Waals surface area contributed by atoms with E-state index in [9.17, 15) is 9.59 Å². The number of rotatable bonds is 6. The minimum Gasteiger partial charge on any atom is -0.452 e. The Labute approximate surface area is 117 Å². The number of nitrogens with zero attached hydrogens (tertiary/aromatic N) is 2. The van der Waals surface area contributed by atoms with Crippen molar-refractivity contribution < 1.29 is 19.4 Å². The zero-order valence-electron chi connectivity index (χ0n) is 11.2. The van der Waals surface area contributed by atoms with Gasteiger partial charge in [0.05, 0.1) is 24.7 Å². The van der Waals surface area contributed by atoms with E-state index in [1.165, 1.54) is 17.0 Å². The first-order chi connectivity index (χ1) is 9.58. The molecule has 0 heterocycles. The zero-order chi connectivity index (χ0) is 15.0. The van der Waals surface area contributed by atoms with Crippen molar-refractivity contribution in [2.75, 3.05) is 20.2 Å². The molecule has 0 saturated heterocycles. The third-order valence-electron chi connectivity index (χ3n) is 2.68. The summed E-state index contributed by atoms with van der Waals surface area (Å²) in [6.07, 6.45) is 0.235. The first-order valence-corrected chi connectivity index (χ1v) is 6.06. The second kappa shape index (κ2) is 7.92. The fourth-order valence-electron chi connectivity index (χ4n) is 1.41. The number of ether oxygens (including phenoxy) is 1. The van der Waals surface area contributed by atoms with Gasteiger partial charge in [-0.25, -0.2) is 4.79 Å². The van der Waals surface area contributed by atoms with Crippen molar-refractivity contribution in [1.82, 2.24) is 4.90 Å². The highest BCUT2D eigenvalue weighted by Gasteiger charge is 2.13. The van der Waals surface area contributed by atoms with E-state index < -0.39 is 5.97 Å². The van der Waals surface area contributed by atoms with E-state index in [4.69, 9.17) is 15.1 Å². The highest BCUT2D eigenvalue weighted by atomic mass is 16.5. The Morgan fingerprint density at radius 3 is 2.55 bits per heavy atom. The van der Waals surface area contributed by atoms with Crippen LogP contribution >= 0.6 is 0 Å². The van der Waals surface area contributed by atoms with Gasteiger partial charge in [0.15, 0.2) is 6.61 Å². The molecule has 1 N–H and O–H groups in total. The van der Waals surface area contributed by atoms with Gasteiger partial charge in [-0.3, -0.25) is 4.79 Å². The normalized spacial score (nSPS) is 9.65. The first-order valence-electron chi connectivity index (χ1n) is 6.06. The van der Waals surface area contributed by atoms with E-state index in [0.717, 1.165) is 0 Å². The molecule has 1 aromatic rings. The van der Waals surface area contributed by atoms with E-state index in [-0.39, 0.29) is 25.5 Å². The van der Waals surface area contributed by atoms with Gasteiger partial charge in [-0.15, -0.1) is 0 Å². The van der Waals surface area contributed by atoms with E-state index in [1.54, 1.807) is 19.2 Å². The number of esters is 1. The van der Waals surface area contributed by atoms with Crippen molar-refractivity contribution in [3.8, 4) is 6.07 Å². The summed E-state index contributed by atoms with van der Waals surface area (Å²) in [5.41, 5.74) is 1.00. The monoisotopic (exact) mass is 276 g/mol. The van der Waals surface area contributed by atoms with Crippen LogP contribution in [0.5, 0.6) is 0 Å². The third kappa shape index (κ3) is 4.71. The van der Waals surface area contributed by atoms with Crippen LogP contribution in [-0.2, 0) is 16.1 Å². The van der Waals surface area contributed by atoms with Crippen molar-refractivity contribution in [2.24, 2.45) is 0 Å². The lowest BCUT2D eigenvalue weighted by Crippen LogP contribution is -2.31. The van der Waals surface area contributed by atoms with Crippen LogP contribution in [0.25, 0.3) is 0 Å². The van der Waals surface area contributed by atoms with Crippen LogP contribution in [0.2, 0.25) is 0 Å². The van der Waals surface area contributed by atoms with Gasteiger partial charge in [-0.05, 0) is 17.7 Å². The molecule has 0 radical (unpaired) electrons. The molecule has 0 spiro atoms. The molecule has 0 aliphatic rings. The van der Waals surface area contributed by atoms with Crippen LogP contribution < -0.4 is 0 Å². The minimum atomic E-state index is -0.600. The fourth-order valence-corrected chi connectivity index (χ4v) is 1.41. The van der Waals surface area contributed by atoms with Crippen LogP contribution in [-0.4, -0.2) is 42.1 Å². The minimum absolute atomic E-state index is 0.0997. The lowest BCUT2D eigenvalue weighted by atomic mass is 10.1. The van der Waals surface area contributed by atoms with E-state index in [0.29, 0.717) is 17.7 Å². The van der Waals surface area contributed by atoms with Crippen LogP contribution in [0.4, 0.5) is 0 Å². The highest BCUT2D eigenvalue weighted by Crippen LogP contribution is 2.06. The van der Waals surface area contributed by atoms with Gasteiger partial charge in [0.25, 0.3) is 5.91 Å². The van der Waals surface area contributed by atoms with Crippen LogP contribution in [0, 0.1) is 11.3 Å². The van der Waals surface area contributed by atoms with E-state index in [2.05, 4.69) is 0 Å². The number of hydrogen-bond acceptors (Lipinski definition) is 5. The number of benzene rings is 1. The maximum absolute atomic E-state index is 11.7. The van der Waals surface area contributed by atoms with Gasteiger partial charge >= 0.3 is 5.97 Å². The Morgan fingerprint density at radius 1 is 1.35 bits per heavy atom. The Bertz CT molecular complexity index is 505. The molecular formula is C14H16N2O4. The molecule has 1 amide bonds. The lowest BCUT2D eigenvalue weighted by Gasteiger charge is -2.15. The molecular weight excluding hydrogens is 260 g/mol. The molecule has 20 heavy (non-hydrogen) atoms. The number of amides is 1. The first kappa shape index (κ1) is 15.7. The summed E-state index contributed by atoms with van der Waals surface area (Å²) < 4.78 is 4.89. The molecule has 0 aromatic heterocycles. The quantitative estimate of drug-likeness (QED) is 0.773. The molecule has 0 fully saturated rings. The van der Waals surface area contributed by atoms with Crippen LogP contribution in [0.1, 0.15) is 22.3 Å². The predicted molar refractivity (Wildman–Crippen MR) is 70.5 cm³/mol. The lowest BCUT2D eigenvalue weighted by molar-refractivity contribution is -0.133. The predicted octanol–water partition coefficient (Wildman–Crippen LogP) is 0.708. The SMILES string of the molecule is CN(CCC#N)C(=O)COC(=O)c1ccc(CO)cc1. The topological polar surface area (TPSA) is 90.6 Å². The molecule has 0 aliphatic carbocycles. The number of nitriles is 1. The molecule has 6 heteroatoms. The second-order valence-electron chi connectivity index (χ2n) is 4.15. The number of aliphatic hydroxyl groups is 1. The zero-order valence-corrected chi connectivity index (χ0v) is 11.2. The fraction of sp³-hybridized carbons (Fsp3) is 0.357. The number of carbonyl (C=O) groups is 2. The smallest absolute Gasteiger partial charge is 0.338 e. The molecule has 1 rings (SSSR count). The van der Waals surface area contributed by atoms with Crippen molar-refractivity contribution in [2.45, 2.75) is 13.0 Å². The summed E-state index contributed by atoms with van der Waals surface area (Å²) in [6, 6.07) is 8.20. The summed E-state index contributed by atoms with van der Waals surface area (Å²) in [5.74, 6) is -0.961. The molecule has 106 valence electrons. The summed E-state index contributed by atoms with van der Waals surface area (Å²) in [7, 11) is 1.55. The third-order valence-corrected chi connectivity index (χ3v) is 2.68. The van der Waals surface area contributed by atoms with Crippen molar-refractivity contribution >= 4 is 11.9 Å². The Balaban J connectivity index is 2.46. The van der Waals surface area contributed by atoms with Crippen LogP contribution in [0.15, 0.2) is 24.3 Å². The average molecular weight is 276 g/mol. The highest BCUT2D eigenvalue weighted by molar-refractivity contribution is 5.91. The number of hydrogen-bond donors (Lipinski definition) is 1. The Kier molecular flexibility index (Phi) is 6.20. The van der Waals surface area contributed by atoms with Crippen LogP contribution in [0.3, 0.4) is 0 Å². The maximum atomic E-state index is 11.7. The van der Waals surface area contributed by atoms with Crippen molar-refractivity contribution in [1.29, 1.82) is 5.26 Å². The molecule has 0 aliphatic heterocycles. The summed E-state index contributed by atoms with van der Waals surface area (Å²) in [4.78, 5) is 24.6. The molecule has 0 saturated carbocycles. The molecule has 0 unspecified atom stereocenters. The molecule has 0 atom stereocenters. The standard InChI is InChI=1S/C14H16N2O4/c1-16(8-2-7-15)13(18)10-20-14(19)12-5-3-11(9-17)4-6-12/h3-6,17H,2,8-10H2,1H3. The second-order valence-corrected chi connectivity index (χ2v) is 4.15. The maximum Gasteiger partial charge on any atom is 0.338 e. The average Bonchev–Trinajstić information content (AvgIpc) is 2.49. The van der Waals surface area contributed by atoms with Crippen molar-refractivity contribution in [3.05, 3.63) is 35.4 Å². The summed E-state index contributed by atoms with van der Waals surface area (Å²) >= 11 is 0. The van der Waals surface area contributed by atoms with Gasteiger partial charge < -0.3 is 14.7 Å². The molecule has 0 bridgehead atoms. The largest absolute Gasteiger partial charge is 0.452 e. The number of carbonyl (C=O) groups excluding carboxylic acids is 2. The molecule has 1 aromatic carbocycles. The van der Waals surface area contributed by atoms with Crippen molar-refractivity contribution in [3.63, 3.8) is 0 Å². The number of aliphatic hydroxyl groups excluding tert-OH is 1. The summed E-state index contributed by atoms with van der Waals surface area (Å²) in [6.45, 7) is -0.155. The molecule has 6 nitrogen and oxygen atoms in total. The van der Waals surface area contributed by atoms with Gasteiger partial charge in [0.1, 0.15) is 0 Å². The number of likely N-dealkylation sites (N-methyl/N-ethyl adjacent to an activating group) is 1. The van der Waals surface area contributed by atoms with Gasteiger partial charge in [0, 0.05) is 13.6 Å².